The minimum absolute atomic E-state index is 0.164. The Bertz CT molecular complexity index is 933. The summed E-state index contributed by atoms with van der Waals surface area (Å²) in [5.74, 6) is 0.0980. The van der Waals surface area contributed by atoms with Crippen molar-refractivity contribution in [3.63, 3.8) is 0 Å². The molecule has 0 aliphatic rings. The predicted octanol–water partition coefficient (Wildman–Crippen LogP) is 3.81. The average Bonchev–Trinajstić information content (AvgIpc) is 3.09. The highest BCUT2D eigenvalue weighted by molar-refractivity contribution is 7.89. The molecule has 1 heterocycles. The lowest BCUT2D eigenvalue weighted by Crippen LogP contribution is -2.47. The number of hydrogen-bond acceptors (Lipinski definition) is 3. The second kappa shape index (κ2) is 10.3. The van der Waals surface area contributed by atoms with Crippen LogP contribution in [0.25, 0.3) is 0 Å². The van der Waals surface area contributed by atoms with Gasteiger partial charge in [0.1, 0.15) is 0 Å². The Kier molecular flexibility index (Phi) is 8.26. The highest BCUT2D eigenvalue weighted by Gasteiger charge is 2.32. The molecule has 1 atom stereocenters. The van der Waals surface area contributed by atoms with E-state index >= 15 is 0 Å². The summed E-state index contributed by atoms with van der Waals surface area (Å²) >= 11 is 0. The van der Waals surface area contributed by atoms with Crippen LogP contribution in [0.15, 0.2) is 47.5 Å². The number of aryl methyl sites for hydroxylation is 2. The van der Waals surface area contributed by atoms with Crippen molar-refractivity contribution in [3.05, 3.63) is 53.9 Å². The van der Waals surface area contributed by atoms with E-state index in [0.717, 1.165) is 11.3 Å². The first-order valence-electron chi connectivity index (χ1n) is 10.5. The predicted molar refractivity (Wildman–Crippen MR) is 120 cm³/mol. The van der Waals surface area contributed by atoms with Gasteiger partial charge < -0.3 is 9.47 Å². The molecule has 2 rings (SSSR count). The highest BCUT2D eigenvalue weighted by atomic mass is 32.2. The van der Waals surface area contributed by atoms with Gasteiger partial charge in [-0.25, -0.2) is 8.42 Å². The smallest absolute Gasteiger partial charge is 0.243 e. The van der Waals surface area contributed by atoms with E-state index in [0.29, 0.717) is 19.5 Å². The van der Waals surface area contributed by atoms with Crippen LogP contribution in [-0.4, -0.2) is 47.2 Å². The van der Waals surface area contributed by atoms with Crippen molar-refractivity contribution in [2.24, 2.45) is 13.0 Å². The molecule has 0 saturated heterocycles. The van der Waals surface area contributed by atoms with E-state index < -0.39 is 10.0 Å². The fraction of sp³-hybridized carbons (Fsp3) is 0.522. The number of carbonyl (C=O) groups is 1. The van der Waals surface area contributed by atoms with Crippen molar-refractivity contribution in [2.45, 2.75) is 58.5 Å². The average molecular weight is 434 g/mol. The molecule has 1 aromatic heterocycles. The Hall–Kier alpha value is -2.12. The number of amides is 1. The molecule has 166 valence electrons. The number of nitrogens with zero attached hydrogens (tertiary/aromatic N) is 3. The Morgan fingerprint density at radius 2 is 1.73 bits per heavy atom. The molecular weight excluding hydrogens is 398 g/mol. The number of aromatic nitrogens is 1. The van der Waals surface area contributed by atoms with Gasteiger partial charge in [-0.15, -0.1) is 0 Å². The first kappa shape index (κ1) is 24.2. The number of rotatable bonds is 10. The maximum Gasteiger partial charge on any atom is 0.243 e. The molecule has 0 N–H and O–H groups in total. The standard InChI is InChI=1S/C23H35N3O3S/c1-7-20(5)26(30(28,29)22-12-10-19(4)11-13-22)17-23(27)25(15-18(2)3)16-21-9-8-14-24(21)6/h8-14,18,20H,7,15-17H2,1-6H3/t20-/m1/s1. The van der Waals surface area contributed by atoms with Gasteiger partial charge in [-0.1, -0.05) is 38.5 Å². The van der Waals surface area contributed by atoms with Crippen LogP contribution in [0.5, 0.6) is 0 Å². The second-order valence-electron chi connectivity index (χ2n) is 8.40. The van der Waals surface area contributed by atoms with E-state index in [-0.39, 0.29) is 29.3 Å². The van der Waals surface area contributed by atoms with E-state index in [1.165, 1.54) is 4.31 Å². The molecule has 0 aliphatic heterocycles. The molecule has 30 heavy (non-hydrogen) atoms. The Labute approximate surface area is 181 Å². The van der Waals surface area contributed by atoms with Gasteiger partial charge >= 0.3 is 0 Å². The van der Waals surface area contributed by atoms with Crippen molar-refractivity contribution in [1.29, 1.82) is 0 Å². The first-order chi connectivity index (χ1) is 14.1. The quantitative estimate of drug-likeness (QED) is 0.572. The van der Waals surface area contributed by atoms with Crippen LogP contribution >= 0.6 is 0 Å². The molecule has 1 amide bonds. The minimum atomic E-state index is -3.78. The molecule has 0 unspecified atom stereocenters. The number of hydrogen-bond donors (Lipinski definition) is 0. The van der Waals surface area contributed by atoms with Crippen molar-refractivity contribution in [2.75, 3.05) is 13.1 Å². The van der Waals surface area contributed by atoms with Gasteiger partial charge in [-0.3, -0.25) is 4.79 Å². The second-order valence-corrected chi connectivity index (χ2v) is 10.3. The number of carbonyl (C=O) groups excluding carboxylic acids is 1. The summed E-state index contributed by atoms with van der Waals surface area (Å²) in [6.07, 6.45) is 2.57. The minimum Gasteiger partial charge on any atom is -0.353 e. The lowest BCUT2D eigenvalue weighted by molar-refractivity contribution is -0.133. The number of benzene rings is 1. The van der Waals surface area contributed by atoms with Crippen molar-refractivity contribution in [3.8, 4) is 0 Å². The molecule has 7 heteroatoms. The summed E-state index contributed by atoms with van der Waals surface area (Å²) in [6, 6.07) is 10.4. The van der Waals surface area contributed by atoms with Crippen LogP contribution in [0.4, 0.5) is 0 Å². The third-order valence-corrected chi connectivity index (χ3v) is 7.32. The van der Waals surface area contributed by atoms with Gasteiger partial charge in [-0.2, -0.15) is 4.31 Å². The van der Waals surface area contributed by atoms with Gasteiger partial charge in [0, 0.05) is 31.5 Å². The summed E-state index contributed by atoms with van der Waals surface area (Å²) < 4.78 is 30.0. The van der Waals surface area contributed by atoms with Crippen LogP contribution < -0.4 is 0 Å². The van der Waals surface area contributed by atoms with Gasteiger partial charge in [0.15, 0.2) is 0 Å². The monoisotopic (exact) mass is 433 g/mol. The third-order valence-electron chi connectivity index (χ3n) is 5.34. The van der Waals surface area contributed by atoms with Crippen LogP contribution in [0, 0.1) is 12.8 Å². The summed E-state index contributed by atoms with van der Waals surface area (Å²) in [5, 5.41) is 0. The Morgan fingerprint density at radius 1 is 1.10 bits per heavy atom. The van der Waals surface area contributed by atoms with Crippen molar-refractivity contribution in [1.82, 2.24) is 13.8 Å². The molecule has 6 nitrogen and oxygen atoms in total. The van der Waals surface area contributed by atoms with Crippen LogP contribution in [-0.2, 0) is 28.4 Å². The van der Waals surface area contributed by atoms with E-state index in [4.69, 9.17) is 0 Å². The molecule has 1 aromatic carbocycles. The SMILES string of the molecule is CC[C@@H](C)N(CC(=O)N(Cc1cccn1C)CC(C)C)S(=O)(=O)c1ccc(C)cc1. The highest BCUT2D eigenvalue weighted by Crippen LogP contribution is 2.21. The lowest BCUT2D eigenvalue weighted by Gasteiger charge is -2.31. The van der Waals surface area contributed by atoms with Crippen LogP contribution in [0.2, 0.25) is 0 Å². The lowest BCUT2D eigenvalue weighted by atomic mass is 10.2. The largest absolute Gasteiger partial charge is 0.353 e. The van der Waals surface area contributed by atoms with Gasteiger partial charge in [-0.05, 0) is 50.5 Å². The normalized spacial score (nSPS) is 13.1. The Balaban J connectivity index is 2.31. The zero-order chi connectivity index (χ0) is 22.5. The van der Waals surface area contributed by atoms with E-state index in [1.807, 2.05) is 50.7 Å². The van der Waals surface area contributed by atoms with E-state index in [2.05, 4.69) is 13.8 Å². The molecule has 0 spiro atoms. The molecule has 2 aromatic rings. The van der Waals surface area contributed by atoms with E-state index in [1.54, 1.807) is 29.2 Å². The fourth-order valence-electron chi connectivity index (χ4n) is 3.31. The van der Waals surface area contributed by atoms with Crippen molar-refractivity contribution < 1.29 is 13.2 Å². The maximum atomic E-state index is 13.3. The zero-order valence-corrected chi connectivity index (χ0v) is 19.8. The molecule has 0 radical (unpaired) electrons. The molecule has 0 saturated carbocycles. The van der Waals surface area contributed by atoms with Gasteiger partial charge in [0.2, 0.25) is 15.9 Å². The third kappa shape index (κ3) is 5.95. The first-order valence-corrected chi connectivity index (χ1v) is 12.0. The molecular formula is C23H35N3O3S. The fourth-order valence-corrected chi connectivity index (χ4v) is 4.97. The Morgan fingerprint density at radius 3 is 2.23 bits per heavy atom. The summed E-state index contributed by atoms with van der Waals surface area (Å²) in [7, 11) is -1.83. The van der Waals surface area contributed by atoms with Gasteiger partial charge in [0.25, 0.3) is 0 Å². The van der Waals surface area contributed by atoms with E-state index in [9.17, 15) is 13.2 Å². The molecule has 0 aliphatic carbocycles. The van der Waals surface area contributed by atoms with Crippen LogP contribution in [0.1, 0.15) is 45.4 Å². The summed E-state index contributed by atoms with van der Waals surface area (Å²) in [4.78, 5) is 15.3. The van der Waals surface area contributed by atoms with Crippen LogP contribution in [0.3, 0.4) is 0 Å². The number of sulfonamides is 1. The molecule has 0 bridgehead atoms. The topological polar surface area (TPSA) is 62.6 Å². The zero-order valence-electron chi connectivity index (χ0n) is 19.0. The maximum absolute atomic E-state index is 13.3. The summed E-state index contributed by atoms with van der Waals surface area (Å²) in [6.45, 7) is 10.7. The van der Waals surface area contributed by atoms with Gasteiger partial charge in [0.05, 0.1) is 18.0 Å². The van der Waals surface area contributed by atoms with Crippen molar-refractivity contribution >= 4 is 15.9 Å². The molecule has 0 fully saturated rings. The summed E-state index contributed by atoms with van der Waals surface area (Å²) in [5.41, 5.74) is 2.01.